The Morgan fingerprint density at radius 1 is 1.00 bits per heavy atom. The lowest BCUT2D eigenvalue weighted by atomic mass is 9.82. The monoisotopic (exact) mass is 751 g/mol. The number of ether oxygens (including phenoxy) is 2. The number of halogens is 3. The number of aryl methyl sites for hydroxylation is 2. The van der Waals surface area contributed by atoms with Crippen LogP contribution in [0.4, 0.5) is 8.78 Å². The summed E-state index contributed by atoms with van der Waals surface area (Å²) in [5.41, 5.74) is 4.47. The Morgan fingerprint density at radius 2 is 1.72 bits per heavy atom. The van der Waals surface area contributed by atoms with Crippen molar-refractivity contribution in [3.63, 3.8) is 0 Å². The third-order valence-electron chi connectivity index (χ3n) is 10.1. The number of amides is 2. The summed E-state index contributed by atoms with van der Waals surface area (Å²) in [7, 11) is 0. The largest absolute Gasteiger partial charge is 0.490 e. The quantitative estimate of drug-likeness (QED) is 0.174. The van der Waals surface area contributed by atoms with Gasteiger partial charge in [-0.1, -0.05) is 35.9 Å². The molecule has 0 spiro atoms. The van der Waals surface area contributed by atoms with Gasteiger partial charge < -0.3 is 34.8 Å². The number of piperazine rings is 1. The Morgan fingerprint density at radius 3 is 2.43 bits per heavy atom. The first kappa shape index (κ1) is 38.2. The van der Waals surface area contributed by atoms with Crippen molar-refractivity contribution in [1.82, 2.24) is 15.1 Å². The van der Waals surface area contributed by atoms with Gasteiger partial charge in [0.2, 0.25) is 5.91 Å². The van der Waals surface area contributed by atoms with E-state index >= 15 is 0 Å². The molecule has 2 amide bonds. The van der Waals surface area contributed by atoms with Crippen molar-refractivity contribution >= 4 is 35.0 Å². The second-order valence-corrected chi connectivity index (χ2v) is 14.5. The Hall–Kier alpha value is -4.52. The maximum absolute atomic E-state index is 14.6. The summed E-state index contributed by atoms with van der Waals surface area (Å²) in [4.78, 5) is 42.3. The fourth-order valence-electron chi connectivity index (χ4n) is 7.08. The van der Waals surface area contributed by atoms with Crippen molar-refractivity contribution in [2.45, 2.75) is 76.6 Å². The summed E-state index contributed by atoms with van der Waals surface area (Å²) < 4.78 is 40.4. The van der Waals surface area contributed by atoms with Crippen molar-refractivity contribution in [2.24, 2.45) is 0 Å². The lowest BCUT2D eigenvalue weighted by molar-refractivity contribution is -0.141. The Balaban J connectivity index is 1.22. The SMILES string of the molecule is Cc1cc(Cl)c(OCCOc2ccc(C3=C(C(=O)N(CCc4cccc(F)c4F)C4CC4)[C@H]4CN(C(=O)C[C@H](O)CC(=O)O)C[C@@H](C3)N4)cc2)cc1C. The molecule has 6 rings (SSSR count). The summed E-state index contributed by atoms with van der Waals surface area (Å²) in [6.45, 7) is 5.17. The number of aliphatic hydroxyl groups is 1. The molecular weight excluding hydrogens is 708 g/mol. The number of nitrogens with zero attached hydrogens (tertiary/aromatic N) is 2. The molecule has 3 aliphatic rings. The maximum Gasteiger partial charge on any atom is 0.305 e. The molecule has 10 nitrogen and oxygen atoms in total. The van der Waals surface area contributed by atoms with Gasteiger partial charge in [-0.15, -0.1) is 0 Å². The summed E-state index contributed by atoms with van der Waals surface area (Å²) in [6.07, 6.45) is -0.0889. The first-order valence-electron chi connectivity index (χ1n) is 17.9. The molecule has 3 aromatic carbocycles. The highest BCUT2D eigenvalue weighted by atomic mass is 35.5. The average Bonchev–Trinajstić information content (AvgIpc) is 3.95. The van der Waals surface area contributed by atoms with Crippen LogP contribution < -0.4 is 14.8 Å². The van der Waals surface area contributed by atoms with Crippen molar-refractivity contribution < 1.29 is 42.9 Å². The third-order valence-corrected chi connectivity index (χ3v) is 10.4. The number of nitrogens with one attached hydrogen (secondary N) is 1. The molecule has 1 aliphatic carbocycles. The van der Waals surface area contributed by atoms with Gasteiger partial charge in [0.1, 0.15) is 24.7 Å². The average molecular weight is 752 g/mol. The van der Waals surface area contributed by atoms with Crippen LogP contribution in [0.5, 0.6) is 11.5 Å². The molecule has 2 heterocycles. The Bertz CT molecular complexity index is 1880. The van der Waals surface area contributed by atoms with Crippen LogP contribution in [0.2, 0.25) is 5.02 Å². The molecule has 13 heteroatoms. The summed E-state index contributed by atoms with van der Waals surface area (Å²) in [6, 6.07) is 14.4. The highest BCUT2D eigenvalue weighted by Crippen LogP contribution is 2.37. The normalized spacial score (nSPS) is 18.8. The first-order chi connectivity index (χ1) is 25.4. The van der Waals surface area contributed by atoms with E-state index in [4.69, 9.17) is 26.2 Å². The van der Waals surface area contributed by atoms with Crippen LogP contribution in [0.25, 0.3) is 5.57 Å². The van der Waals surface area contributed by atoms with Gasteiger partial charge in [0, 0.05) is 37.3 Å². The van der Waals surface area contributed by atoms with E-state index in [1.54, 1.807) is 9.80 Å². The number of benzene rings is 3. The van der Waals surface area contributed by atoms with Crippen LogP contribution >= 0.6 is 11.6 Å². The lowest BCUT2D eigenvalue weighted by Gasteiger charge is -2.45. The van der Waals surface area contributed by atoms with Gasteiger partial charge in [-0.25, -0.2) is 8.78 Å². The van der Waals surface area contributed by atoms with E-state index in [9.17, 15) is 28.3 Å². The third kappa shape index (κ3) is 9.35. The molecule has 0 radical (unpaired) electrons. The second-order valence-electron chi connectivity index (χ2n) is 14.0. The summed E-state index contributed by atoms with van der Waals surface area (Å²) in [5.74, 6) is -2.49. The minimum absolute atomic E-state index is 0.0465. The number of carboxylic acids is 1. The molecule has 3 N–H and O–H groups in total. The smallest absolute Gasteiger partial charge is 0.305 e. The van der Waals surface area contributed by atoms with E-state index in [0.29, 0.717) is 35.1 Å². The fraction of sp³-hybridized carbons (Fsp3) is 0.425. The number of hydrogen-bond donors (Lipinski definition) is 3. The molecular formula is C40H44ClF2N3O7. The number of fused-ring (bicyclic) bond motifs is 2. The highest BCUT2D eigenvalue weighted by Gasteiger charge is 2.43. The summed E-state index contributed by atoms with van der Waals surface area (Å²) >= 11 is 6.34. The molecule has 282 valence electrons. The zero-order valence-corrected chi connectivity index (χ0v) is 30.5. The van der Waals surface area contributed by atoms with Crippen molar-refractivity contribution in [3.8, 4) is 11.5 Å². The standard InChI is InChI=1S/C40H44ClF2N3O7/c1-23-16-32(41)35(17-24(23)2)53-15-14-52-30-10-6-25(7-11-30)31-18-27-21-45(36(48)19-29(47)20-37(49)50)22-34(44-27)38(31)40(51)46(28-8-9-28)13-12-26-4-3-5-33(42)39(26)43/h3-7,10-11,16-17,27-29,34,44,47H,8-9,12-15,18-22H2,1-2H3,(H,49,50)/t27-,29+,34-/m1/s1. The van der Waals surface area contributed by atoms with Crippen LogP contribution in [0.1, 0.15) is 54.4 Å². The number of carbonyl (C=O) groups excluding carboxylic acids is 2. The van der Waals surface area contributed by atoms with Crippen LogP contribution in [-0.2, 0) is 20.8 Å². The molecule has 0 aromatic heterocycles. The van der Waals surface area contributed by atoms with Crippen LogP contribution in [0.15, 0.2) is 60.2 Å². The van der Waals surface area contributed by atoms with Gasteiger partial charge in [-0.05, 0) is 97.7 Å². The first-order valence-corrected chi connectivity index (χ1v) is 18.3. The maximum atomic E-state index is 14.6. The number of carboxylic acid groups (broad SMARTS) is 1. The molecule has 53 heavy (non-hydrogen) atoms. The van der Waals surface area contributed by atoms with Gasteiger partial charge in [-0.3, -0.25) is 14.4 Å². The topological polar surface area (TPSA) is 129 Å². The van der Waals surface area contributed by atoms with Crippen molar-refractivity contribution in [1.29, 1.82) is 0 Å². The molecule has 3 aromatic rings. The minimum Gasteiger partial charge on any atom is -0.490 e. The zero-order valence-electron chi connectivity index (χ0n) is 29.7. The lowest BCUT2D eigenvalue weighted by Crippen LogP contribution is -2.62. The Labute approximate surface area is 312 Å². The van der Waals surface area contributed by atoms with Crippen LogP contribution in [0.3, 0.4) is 0 Å². The van der Waals surface area contributed by atoms with E-state index in [-0.39, 0.29) is 62.7 Å². The van der Waals surface area contributed by atoms with E-state index in [0.717, 1.165) is 41.2 Å². The second kappa shape index (κ2) is 16.7. The Kier molecular flexibility index (Phi) is 12.0. The number of aliphatic hydroxyl groups excluding tert-OH is 1. The summed E-state index contributed by atoms with van der Waals surface area (Å²) in [5, 5.41) is 23.3. The molecule has 2 aliphatic heterocycles. The highest BCUT2D eigenvalue weighted by molar-refractivity contribution is 6.32. The molecule has 2 bridgehead atoms. The van der Waals surface area contributed by atoms with E-state index < -0.39 is 42.1 Å². The number of aliphatic carboxylic acids is 1. The molecule has 1 saturated carbocycles. The van der Waals surface area contributed by atoms with Gasteiger partial charge in [-0.2, -0.15) is 0 Å². The van der Waals surface area contributed by atoms with Crippen LogP contribution in [0, 0.1) is 25.5 Å². The van der Waals surface area contributed by atoms with E-state index in [1.807, 2.05) is 50.2 Å². The van der Waals surface area contributed by atoms with Gasteiger partial charge in [0.05, 0.1) is 30.0 Å². The molecule has 3 atom stereocenters. The van der Waals surface area contributed by atoms with Crippen molar-refractivity contribution in [3.05, 3.63) is 99.1 Å². The van der Waals surface area contributed by atoms with Gasteiger partial charge in [0.15, 0.2) is 11.6 Å². The van der Waals surface area contributed by atoms with Crippen LogP contribution in [-0.4, -0.2) is 94.9 Å². The number of rotatable bonds is 15. The number of hydrogen-bond acceptors (Lipinski definition) is 7. The number of carbonyl (C=O) groups is 3. The van der Waals surface area contributed by atoms with E-state index in [2.05, 4.69) is 5.32 Å². The fourth-order valence-corrected chi connectivity index (χ4v) is 7.35. The molecule has 0 unspecified atom stereocenters. The van der Waals surface area contributed by atoms with Gasteiger partial charge in [0.25, 0.3) is 5.91 Å². The van der Waals surface area contributed by atoms with E-state index in [1.165, 1.54) is 12.1 Å². The minimum atomic E-state index is -1.33. The molecule has 2 fully saturated rings. The zero-order chi connectivity index (χ0) is 37.8. The van der Waals surface area contributed by atoms with Crippen molar-refractivity contribution in [2.75, 3.05) is 32.8 Å². The predicted molar refractivity (Wildman–Crippen MR) is 195 cm³/mol. The van der Waals surface area contributed by atoms with Gasteiger partial charge >= 0.3 is 5.97 Å². The predicted octanol–water partition coefficient (Wildman–Crippen LogP) is 5.48. The molecule has 1 saturated heterocycles.